The Hall–Kier alpha value is -2.49. The van der Waals surface area contributed by atoms with Crippen molar-refractivity contribution in [1.29, 1.82) is 0 Å². The number of rotatable bonds is 12. The molecule has 0 aliphatic carbocycles. The predicted molar refractivity (Wildman–Crippen MR) is 105 cm³/mol. The number of aliphatic hydroxyl groups is 3. The lowest BCUT2D eigenvalue weighted by Gasteiger charge is -2.18. The van der Waals surface area contributed by atoms with E-state index in [-0.39, 0.29) is 36.8 Å². The van der Waals surface area contributed by atoms with Gasteiger partial charge < -0.3 is 25.7 Å². The van der Waals surface area contributed by atoms with Crippen molar-refractivity contribution in [3.05, 3.63) is 24.3 Å². The molecule has 3 atom stereocenters. The summed E-state index contributed by atoms with van der Waals surface area (Å²) in [7, 11) is 0. The summed E-state index contributed by atoms with van der Waals surface area (Å²) >= 11 is 0. The van der Waals surface area contributed by atoms with E-state index < -0.39 is 18.3 Å². The first-order chi connectivity index (χ1) is 13.3. The summed E-state index contributed by atoms with van der Waals surface area (Å²) in [6.45, 7) is 1.36. The zero-order chi connectivity index (χ0) is 20.9. The fourth-order valence-corrected chi connectivity index (χ4v) is 2.34. The Morgan fingerprint density at radius 2 is 1.71 bits per heavy atom. The van der Waals surface area contributed by atoms with Crippen molar-refractivity contribution < 1.29 is 30.0 Å². The Bertz CT molecular complexity index is 650. The van der Waals surface area contributed by atoms with E-state index in [9.17, 15) is 24.9 Å². The molecule has 1 rings (SSSR count). The second-order valence-electron chi connectivity index (χ2n) is 6.51. The first kappa shape index (κ1) is 23.5. The van der Waals surface area contributed by atoms with Crippen molar-refractivity contribution in [3.8, 4) is 5.75 Å². The lowest BCUT2D eigenvalue weighted by atomic mass is 10.1. The largest absolute Gasteiger partial charge is 0.506 e. The van der Waals surface area contributed by atoms with Crippen LogP contribution in [-0.4, -0.2) is 56.8 Å². The number of nitrogens with one attached hydrogen (secondary N) is 2. The zero-order valence-electron chi connectivity index (χ0n) is 15.9. The minimum Gasteiger partial charge on any atom is -0.506 e. The van der Waals surface area contributed by atoms with Crippen molar-refractivity contribution in [2.24, 2.45) is 5.10 Å². The van der Waals surface area contributed by atoms with Gasteiger partial charge in [0.25, 0.3) is 0 Å². The second kappa shape index (κ2) is 12.8. The Morgan fingerprint density at radius 1 is 1.07 bits per heavy atom. The molecule has 9 heteroatoms. The number of phenolic OH excluding ortho intramolecular Hbond substituents is 1. The minimum absolute atomic E-state index is 0.00156. The number of aromatic hydroxyl groups is 1. The number of para-hydroxylation sites is 2. The summed E-state index contributed by atoms with van der Waals surface area (Å²) in [4.78, 5) is 23.4. The molecule has 6 N–H and O–H groups in total. The summed E-state index contributed by atoms with van der Waals surface area (Å²) in [5.74, 6) is -0.477. The third kappa shape index (κ3) is 9.45. The third-order valence-corrected chi connectivity index (χ3v) is 4.00. The van der Waals surface area contributed by atoms with Gasteiger partial charge in [-0.1, -0.05) is 18.6 Å². The molecule has 0 aliphatic heterocycles. The number of benzene rings is 1. The number of unbranched alkanes of at least 4 members (excludes halogenated alkanes) is 2. The van der Waals surface area contributed by atoms with Gasteiger partial charge in [0.15, 0.2) is 0 Å². The predicted octanol–water partition coefficient (Wildman–Crippen LogP) is 0.876. The molecule has 0 spiro atoms. The topological polar surface area (TPSA) is 151 Å². The van der Waals surface area contributed by atoms with E-state index in [0.29, 0.717) is 24.9 Å². The Labute approximate surface area is 164 Å². The van der Waals surface area contributed by atoms with E-state index in [1.807, 2.05) is 0 Å². The van der Waals surface area contributed by atoms with Crippen molar-refractivity contribution in [3.63, 3.8) is 0 Å². The van der Waals surface area contributed by atoms with Gasteiger partial charge in [-0.25, -0.2) is 5.43 Å². The number of aliphatic hydroxyl groups excluding tert-OH is 3. The number of nitrogens with zero attached hydrogens (tertiary/aromatic N) is 1. The van der Waals surface area contributed by atoms with E-state index in [1.165, 1.54) is 19.2 Å². The van der Waals surface area contributed by atoms with E-state index >= 15 is 0 Å². The second-order valence-corrected chi connectivity index (χ2v) is 6.51. The van der Waals surface area contributed by atoms with E-state index in [2.05, 4.69) is 15.8 Å². The number of amides is 2. The van der Waals surface area contributed by atoms with Crippen molar-refractivity contribution in [2.75, 3.05) is 5.32 Å². The molecule has 2 amide bonds. The monoisotopic (exact) mass is 395 g/mol. The summed E-state index contributed by atoms with van der Waals surface area (Å²) in [6.07, 6.45) is 0.192. The highest BCUT2D eigenvalue weighted by Crippen LogP contribution is 2.21. The first-order valence-electron chi connectivity index (χ1n) is 9.23. The normalized spacial score (nSPS) is 14.4. The maximum Gasteiger partial charge on any atom is 0.240 e. The smallest absolute Gasteiger partial charge is 0.240 e. The van der Waals surface area contributed by atoms with Crippen LogP contribution in [0.15, 0.2) is 29.4 Å². The summed E-state index contributed by atoms with van der Waals surface area (Å²) in [5, 5.41) is 44.0. The molecule has 0 aliphatic rings. The highest BCUT2D eigenvalue weighted by molar-refractivity contribution is 5.92. The summed E-state index contributed by atoms with van der Waals surface area (Å²) < 4.78 is 0. The molecule has 156 valence electrons. The van der Waals surface area contributed by atoms with Crippen LogP contribution in [0.2, 0.25) is 0 Å². The van der Waals surface area contributed by atoms with Crippen molar-refractivity contribution >= 4 is 23.7 Å². The molecule has 0 heterocycles. The molecule has 0 saturated carbocycles. The Balaban J connectivity index is 2.11. The fraction of sp³-hybridized carbons (Fsp3) is 0.526. The molecule has 28 heavy (non-hydrogen) atoms. The molecule has 1 aromatic carbocycles. The number of carbonyl (C=O) groups excluding carboxylic acids is 2. The molecule has 9 nitrogen and oxygen atoms in total. The molecule has 0 fully saturated rings. The molecule has 0 bridgehead atoms. The maximum atomic E-state index is 11.8. The van der Waals surface area contributed by atoms with Crippen molar-refractivity contribution in [2.45, 2.75) is 63.8 Å². The van der Waals surface area contributed by atoms with Crippen molar-refractivity contribution in [1.82, 2.24) is 5.43 Å². The number of hydrogen-bond acceptors (Lipinski definition) is 7. The van der Waals surface area contributed by atoms with Gasteiger partial charge in [-0.05, 0) is 31.9 Å². The molecule has 1 aromatic rings. The molecule has 0 aromatic heterocycles. The molecule has 0 unspecified atom stereocenters. The number of carbonyl (C=O) groups is 2. The summed E-state index contributed by atoms with van der Waals surface area (Å²) in [6, 6.07) is 6.49. The molecular formula is C19H29N3O6. The average molecular weight is 395 g/mol. The van der Waals surface area contributed by atoms with Gasteiger partial charge in [0.2, 0.25) is 11.8 Å². The average Bonchev–Trinajstić information content (AvgIpc) is 2.65. The lowest BCUT2D eigenvalue weighted by Crippen LogP contribution is -2.35. The number of hydrazone groups is 1. The lowest BCUT2D eigenvalue weighted by molar-refractivity contribution is -0.121. The van der Waals surface area contributed by atoms with Gasteiger partial charge in [0, 0.05) is 25.5 Å². The van der Waals surface area contributed by atoms with Crippen LogP contribution in [0.4, 0.5) is 5.69 Å². The number of anilines is 1. The van der Waals surface area contributed by atoms with Gasteiger partial charge in [-0.2, -0.15) is 5.10 Å². The van der Waals surface area contributed by atoms with Gasteiger partial charge >= 0.3 is 0 Å². The Morgan fingerprint density at radius 3 is 2.36 bits per heavy atom. The number of hydrogen-bond donors (Lipinski definition) is 6. The fourth-order valence-electron chi connectivity index (χ4n) is 2.34. The maximum absolute atomic E-state index is 11.8. The minimum atomic E-state index is -1.27. The zero-order valence-corrected chi connectivity index (χ0v) is 15.9. The van der Waals surface area contributed by atoms with Crippen LogP contribution >= 0.6 is 0 Å². The molecule has 0 radical (unpaired) electrons. The van der Waals surface area contributed by atoms with Crippen LogP contribution in [-0.2, 0) is 9.59 Å². The molecule has 0 saturated heterocycles. The van der Waals surface area contributed by atoms with Gasteiger partial charge in [0.1, 0.15) is 11.9 Å². The van der Waals surface area contributed by atoms with E-state index in [1.54, 1.807) is 18.2 Å². The standard InChI is InChI=1S/C19H29N3O6/c1-13(23)19(28)16(25)11-12-20-22-18(27)10-4-2-3-9-17(26)21-14-7-5-6-8-15(14)24/h5-8,12-13,16,19,23-25,28H,2-4,9-11H2,1H3,(H,21,26)(H,22,27)/t13-,16+,19-/m1/s1. The molecular weight excluding hydrogens is 366 g/mol. The number of phenols is 1. The highest BCUT2D eigenvalue weighted by atomic mass is 16.4. The van der Waals surface area contributed by atoms with Crippen LogP contribution in [0.5, 0.6) is 5.75 Å². The van der Waals surface area contributed by atoms with Gasteiger partial charge in [0.05, 0.1) is 17.9 Å². The SMILES string of the molecule is C[C@@H](O)[C@@H](O)[C@@H](O)CC=NNC(=O)CCCCCC(=O)Nc1ccccc1O. The van der Waals surface area contributed by atoms with E-state index in [4.69, 9.17) is 5.11 Å². The quantitative estimate of drug-likeness (QED) is 0.134. The van der Waals surface area contributed by atoms with Crippen LogP contribution in [0.25, 0.3) is 0 Å². The van der Waals surface area contributed by atoms with Crippen LogP contribution < -0.4 is 10.7 Å². The van der Waals surface area contributed by atoms with Gasteiger partial charge in [-0.3, -0.25) is 9.59 Å². The van der Waals surface area contributed by atoms with Gasteiger partial charge in [-0.15, -0.1) is 0 Å². The van der Waals surface area contributed by atoms with Crippen LogP contribution in [0.1, 0.15) is 45.4 Å². The first-order valence-corrected chi connectivity index (χ1v) is 9.23. The Kier molecular flexibility index (Phi) is 10.8. The highest BCUT2D eigenvalue weighted by Gasteiger charge is 2.19. The third-order valence-electron chi connectivity index (χ3n) is 4.00. The van der Waals surface area contributed by atoms with E-state index in [0.717, 1.165) is 0 Å². The van der Waals surface area contributed by atoms with Crippen LogP contribution in [0.3, 0.4) is 0 Å². The van der Waals surface area contributed by atoms with Crippen LogP contribution in [0, 0.1) is 0 Å². The summed E-state index contributed by atoms with van der Waals surface area (Å²) in [5.41, 5.74) is 2.68.